The van der Waals surface area contributed by atoms with Crippen LogP contribution in [-0.2, 0) is 4.74 Å². The van der Waals surface area contributed by atoms with Gasteiger partial charge in [0.2, 0.25) is 0 Å². The second-order valence-electron chi connectivity index (χ2n) is 6.70. The summed E-state index contributed by atoms with van der Waals surface area (Å²) in [6, 6.07) is 14.2. The standard InChI is InChI=1S/C20H24N4O2/c25-20(24-10-4-7-18(24)16-5-2-1-3-6-16)22-17-8-9-19(21-15-17)23-11-13-26-14-12-23/h1-3,5-6,8-9,15,18H,4,7,10-14H2,(H,22,25). The third-order valence-corrected chi connectivity index (χ3v) is 5.03. The van der Waals surface area contributed by atoms with E-state index in [0.29, 0.717) is 0 Å². The van der Waals surface area contributed by atoms with Gasteiger partial charge in [0, 0.05) is 19.6 Å². The Bertz CT molecular complexity index is 729. The largest absolute Gasteiger partial charge is 0.378 e. The lowest BCUT2D eigenvalue weighted by atomic mass is 10.1. The number of rotatable bonds is 3. The first kappa shape index (κ1) is 16.8. The summed E-state index contributed by atoms with van der Waals surface area (Å²) < 4.78 is 5.37. The van der Waals surface area contributed by atoms with Gasteiger partial charge in [0.05, 0.1) is 31.1 Å². The summed E-state index contributed by atoms with van der Waals surface area (Å²) in [6.07, 6.45) is 3.77. The predicted octanol–water partition coefficient (Wildman–Crippen LogP) is 3.29. The van der Waals surface area contributed by atoms with Gasteiger partial charge >= 0.3 is 6.03 Å². The van der Waals surface area contributed by atoms with E-state index in [1.807, 2.05) is 35.2 Å². The van der Waals surface area contributed by atoms with Crippen LogP contribution in [-0.4, -0.2) is 48.8 Å². The first-order valence-electron chi connectivity index (χ1n) is 9.22. The molecule has 2 amide bonds. The van der Waals surface area contributed by atoms with E-state index in [2.05, 4.69) is 27.3 Å². The van der Waals surface area contributed by atoms with Crippen LogP contribution in [0.1, 0.15) is 24.4 Å². The molecule has 0 aliphatic carbocycles. The average molecular weight is 352 g/mol. The van der Waals surface area contributed by atoms with Crippen LogP contribution < -0.4 is 10.2 Å². The minimum Gasteiger partial charge on any atom is -0.378 e. The van der Waals surface area contributed by atoms with Crippen LogP contribution >= 0.6 is 0 Å². The van der Waals surface area contributed by atoms with Gasteiger partial charge in [-0.15, -0.1) is 0 Å². The van der Waals surface area contributed by atoms with E-state index < -0.39 is 0 Å². The Morgan fingerprint density at radius 3 is 2.62 bits per heavy atom. The molecule has 0 saturated carbocycles. The fourth-order valence-corrected chi connectivity index (χ4v) is 3.67. The monoisotopic (exact) mass is 352 g/mol. The molecule has 0 spiro atoms. The third kappa shape index (κ3) is 3.65. The van der Waals surface area contributed by atoms with Crippen molar-refractivity contribution in [3.8, 4) is 0 Å². The topological polar surface area (TPSA) is 57.7 Å². The number of hydrogen-bond donors (Lipinski definition) is 1. The Morgan fingerprint density at radius 2 is 1.88 bits per heavy atom. The molecule has 1 aromatic carbocycles. The van der Waals surface area contributed by atoms with Crippen LogP contribution in [0.5, 0.6) is 0 Å². The van der Waals surface area contributed by atoms with Crippen molar-refractivity contribution in [1.29, 1.82) is 0 Å². The fourth-order valence-electron chi connectivity index (χ4n) is 3.67. The van der Waals surface area contributed by atoms with E-state index in [-0.39, 0.29) is 12.1 Å². The molecule has 1 N–H and O–H groups in total. The highest BCUT2D eigenvalue weighted by Gasteiger charge is 2.29. The molecular formula is C20H24N4O2. The summed E-state index contributed by atoms with van der Waals surface area (Å²) >= 11 is 0. The molecule has 2 saturated heterocycles. The second kappa shape index (κ2) is 7.74. The molecule has 6 nitrogen and oxygen atoms in total. The highest BCUT2D eigenvalue weighted by atomic mass is 16.5. The molecule has 0 radical (unpaired) electrons. The van der Waals surface area contributed by atoms with E-state index >= 15 is 0 Å². The molecule has 1 atom stereocenters. The number of carbonyl (C=O) groups excluding carboxylic acids is 1. The number of morpholine rings is 1. The van der Waals surface area contributed by atoms with Crippen LogP contribution in [0.2, 0.25) is 0 Å². The molecule has 1 aromatic heterocycles. The number of aromatic nitrogens is 1. The summed E-state index contributed by atoms with van der Waals surface area (Å²) in [7, 11) is 0. The van der Waals surface area contributed by atoms with Gasteiger partial charge in [0.1, 0.15) is 5.82 Å². The molecule has 2 aliphatic rings. The van der Waals surface area contributed by atoms with Gasteiger partial charge in [-0.25, -0.2) is 9.78 Å². The normalized spacial score (nSPS) is 20.2. The summed E-state index contributed by atoms with van der Waals surface area (Å²) in [6.45, 7) is 3.95. The van der Waals surface area contributed by atoms with E-state index in [0.717, 1.165) is 57.2 Å². The maximum Gasteiger partial charge on any atom is 0.322 e. The molecule has 1 unspecified atom stereocenters. The number of benzene rings is 1. The first-order valence-corrected chi connectivity index (χ1v) is 9.22. The molecule has 6 heteroatoms. The van der Waals surface area contributed by atoms with Crippen molar-refractivity contribution >= 4 is 17.5 Å². The molecule has 3 heterocycles. The van der Waals surface area contributed by atoms with E-state index in [4.69, 9.17) is 4.74 Å². The van der Waals surface area contributed by atoms with Crippen LogP contribution in [0.25, 0.3) is 0 Å². The number of nitrogens with one attached hydrogen (secondary N) is 1. The predicted molar refractivity (Wildman–Crippen MR) is 101 cm³/mol. The number of amides is 2. The maximum atomic E-state index is 12.7. The smallest absolute Gasteiger partial charge is 0.322 e. The number of carbonyl (C=O) groups is 1. The van der Waals surface area contributed by atoms with E-state index in [9.17, 15) is 4.79 Å². The van der Waals surface area contributed by atoms with Gasteiger partial charge in [-0.3, -0.25) is 0 Å². The fraction of sp³-hybridized carbons (Fsp3) is 0.400. The lowest BCUT2D eigenvalue weighted by molar-refractivity contribution is 0.122. The number of ether oxygens (including phenoxy) is 1. The molecule has 136 valence electrons. The quantitative estimate of drug-likeness (QED) is 0.921. The number of urea groups is 1. The SMILES string of the molecule is O=C(Nc1ccc(N2CCOCC2)nc1)N1CCCC1c1ccccc1. The molecule has 2 aromatic rings. The zero-order valence-corrected chi connectivity index (χ0v) is 14.8. The zero-order chi connectivity index (χ0) is 17.8. The van der Waals surface area contributed by atoms with Gasteiger partial charge < -0.3 is 19.9 Å². The Kier molecular flexibility index (Phi) is 5.02. The lowest BCUT2D eigenvalue weighted by Gasteiger charge is -2.28. The minimum atomic E-state index is -0.0581. The van der Waals surface area contributed by atoms with Crippen molar-refractivity contribution in [2.75, 3.05) is 43.1 Å². The molecule has 2 aliphatic heterocycles. The van der Waals surface area contributed by atoms with Crippen molar-refractivity contribution in [1.82, 2.24) is 9.88 Å². The van der Waals surface area contributed by atoms with E-state index in [1.54, 1.807) is 6.20 Å². The van der Waals surface area contributed by atoms with Crippen molar-refractivity contribution < 1.29 is 9.53 Å². The Morgan fingerprint density at radius 1 is 1.08 bits per heavy atom. The first-order chi connectivity index (χ1) is 12.8. The van der Waals surface area contributed by atoms with Gasteiger partial charge in [-0.05, 0) is 30.5 Å². The molecule has 26 heavy (non-hydrogen) atoms. The zero-order valence-electron chi connectivity index (χ0n) is 14.8. The van der Waals surface area contributed by atoms with Crippen LogP contribution in [0.4, 0.5) is 16.3 Å². The lowest BCUT2D eigenvalue weighted by Crippen LogP contribution is -2.36. The summed E-state index contributed by atoms with van der Waals surface area (Å²) in [5.74, 6) is 0.926. The van der Waals surface area contributed by atoms with Crippen molar-refractivity contribution in [2.24, 2.45) is 0 Å². The van der Waals surface area contributed by atoms with Gasteiger partial charge in [-0.2, -0.15) is 0 Å². The number of nitrogens with zero attached hydrogens (tertiary/aromatic N) is 3. The number of anilines is 2. The van der Waals surface area contributed by atoms with Crippen LogP contribution in [0, 0.1) is 0 Å². The third-order valence-electron chi connectivity index (χ3n) is 5.03. The molecule has 2 fully saturated rings. The van der Waals surface area contributed by atoms with E-state index in [1.165, 1.54) is 5.56 Å². The van der Waals surface area contributed by atoms with Gasteiger partial charge in [-0.1, -0.05) is 30.3 Å². The Balaban J connectivity index is 1.41. The Labute approximate surface area is 153 Å². The summed E-state index contributed by atoms with van der Waals surface area (Å²) in [4.78, 5) is 21.4. The highest BCUT2D eigenvalue weighted by Crippen LogP contribution is 2.32. The molecular weight excluding hydrogens is 328 g/mol. The number of likely N-dealkylation sites (tertiary alicyclic amines) is 1. The van der Waals surface area contributed by atoms with Gasteiger partial charge in [0.25, 0.3) is 0 Å². The van der Waals surface area contributed by atoms with Crippen molar-refractivity contribution in [3.05, 3.63) is 54.2 Å². The van der Waals surface area contributed by atoms with Gasteiger partial charge in [0.15, 0.2) is 0 Å². The van der Waals surface area contributed by atoms with Crippen LogP contribution in [0.3, 0.4) is 0 Å². The maximum absolute atomic E-state index is 12.7. The molecule has 0 bridgehead atoms. The van der Waals surface area contributed by atoms with Crippen molar-refractivity contribution in [3.63, 3.8) is 0 Å². The molecule has 4 rings (SSSR count). The number of hydrogen-bond acceptors (Lipinski definition) is 4. The Hall–Kier alpha value is -2.60. The van der Waals surface area contributed by atoms with Crippen LogP contribution in [0.15, 0.2) is 48.7 Å². The van der Waals surface area contributed by atoms with Crippen molar-refractivity contribution in [2.45, 2.75) is 18.9 Å². The number of pyridine rings is 1. The average Bonchev–Trinajstić information content (AvgIpc) is 3.20. The minimum absolute atomic E-state index is 0.0581. The highest BCUT2D eigenvalue weighted by molar-refractivity contribution is 5.89. The summed E-state index contributed by atoms with van der Waals surface area (Å²) in [5, 5.41) is 3.00. The summed E-state index contributed by atoms with van der Waals surface area (Å²) in [5.41, 5.74) is 1.92. The second-order valence-corrected chi connectivity index (χ2v) is 6.70.